The van der Waals surface area contributed by atoms with Gasteiger partial charge in [-0.15, -0.1) is 0 Å². The fraction of sp³-hybridized carbons (Fsp3) is 0.583. The van der Waals surface area contributed by atoms with Crippen LogP contribution >= 0.6 is 0 Å². The maximum absolute atomic E-state index is 8.55. The van der Waals surface area contributed by atoms with Gasteiger partial charge < -0.3 is 10.7 Å². The zero-order valence-corrected chi connectivity index (χ0v) is 9.51. The quantitative estimate of drug-likeness (QED) is 0.772. The molecule has 0 amide bonds. The SMILES string of the molecule is CC(C)(CN)Cc1cc[nH]c1CCC#N. The van der Waals surface area contributed by atoms with Crippen molar-refractivity contribution in [3.8, 4) is 6.07 Å². The number of nitrogens with one attached hydrogen (secondary N) is 1. The number of nitrogens with zero attached hydrogens (tertiary/aromatic N) is 1. The molecule has 0 unspecified atom stereocenters. The minimum Gasteiger partial charge on any atom is -0.365 e. The second kappa shape index (κ2) is 4.99. The minimum absolute atomic E-state index is 0.129. The van der Waals surface area contributed by atoms with Crippen LogP contribution in [0.15, 0.2) is 12.3 Å². The van der Waals surface area contributed by atoms with Gasteiger partial charge in [0.25, 0.3) is 0 Å². The zero-order valence-electron chi connectivity index (χ0n) is 9.51. The fourth-order valence-electron chi connectivity index (χ4n) is 1.60. The summed E-state index contributed by atoms with van der Waals surface area (Å²) in [6.45, 7) is 5.00. The average Bonchev–Trinajstić information content (AvgIpc) is 2.62. The number of rotatable bonds is 5. The molecule has 1 heterocycles. The number of nitrogens with two attached hydrogens (primary N) is 1. The van der Waals surface area contributed by atoms with Crippen molar-refractivity contribution in [1.82, 2.24) is 4.98 Å². The second-order valence-corrected chi connectivity index (χ2v) is 4.68. The molecule has 0 saturated carbocycles. The van der Waals surface area contributed by atoms with Crippen molar-refractivity contribution in [2.45, 2.75) is 33.1 Å². The standard InChI is InChI=1S/C12H19N3/c1-12(2,9-14)8-10-5-7-15-11(10)4-3-6-13/h5,7,15H,3-4,8-9,14H2,1-2H3. The van der Waals surface area contributed by atoms with E-state index in [1.165, 1.54) is 11.3 Å². The number of aromatic amines is 1. The van der Waals surface area contributed by atoms with Crippen LogP contribution in [0.2, 0.25) is 0 Å². The predicted molar refractivity (Wildman–Crippen MR) is 61.3 cm³/mol. The highest BCUT2D eigenvalue weighted by Crippen LogP contribution is 2.22. The van der Waals surface area contributed by atoms with E-state index in [0.717, 1.165) is 12.8 Å². The van der Waals surface area contributed by atoms with Crippen LogP contribution in [0, 0.1) is 16.7 Å². The van der Waals surface area contributed by atoms with Gasteiger partial charge in [0.15, 0.2) is 0 Å². The van der Waals surface area contributed by atoms with Gasteiger partial charge in [-0.2, -0.15) is 5.26 Å². The Kier molecular flexibility index (Phi) is 3.93. The van der Waals surface area contributed by atoms with Crippen LogP contribution in [0.4, 0.5) is 0 Å². The summed E-state index contributed by atoms with van der Waals surface area (Å²) in [4.78, 5) is 3.20. The van der Waals surface area contributed by atoms with Crippen LogP contribution in [0.3, 0.4) is 0 Å². The third-order valence-corrected chi connectivity index (χ3v) is 2.64. The fourth-order valence-corrected chi connectivity index (χ4v) is 1.60. The highest BCUT2D eigenvalue weighted by molar-refractivity contribution is 5.22. The number of nitriles is 1. The van der Waals surface area contributed by atoms with Crippen molar-refractivity contribution in [3.63, 3.8) is 0 Å². The molecule has 1 rings (SSSR count). The third kappa shape index (κ3) is 3.41. The third-order valence-electron chi connectivity index (χ3n) is 2.64. The van der Waals surface area contributed by atoms with Crippen LogP contribution in [-0.2, 0) is 12.8 Å². The molecule has 0 saturated heterocycles. The Bertz CT molecular complexity index is 344. The smallest absolute Gasteiger partial charge is 0.0625 e. The monoisotopic (exact) mass is 205 g/mol. The summed E-state index contributed by atoms with van der Waals surface area (Å²) in [7, 11) is 0. The van der Waals surface area contributed by atoms with Crippen LogP contribution in [-0.4, -0.2) is 11.5 Å². The Morgan fingerprint density at radius 3 is 2.87 bits per heavy atom. The summed E-state index contributed by atoms with van der Waals surface area (Å²) in [5.41, 5.74) is 8.31. The molecule has 0 bridgehead atoms. The van der Waals surface area contributed by atoms with Gasteiger partial charge in [0, 0.05) is 24.7 Å². The molecule has 0 spiro atoms. The molecule has 1 aromatic rings. The van der Waals surface area contributed by atoms with Crippen LogP contribution < -0.4 is 5.73 Å². The summed E-state index contributed by atoms with van der Waals surface area (Å²) in [5.74, 6) is 0. The van der Waals surface area contributed by atoms with Gasteiger partial charge >= 0.3 is 0 Å². The molecule has 0 radical (unpaired) electrons. The number of hydrogen-bond acceptors (Lipinski definition) is 2. The zero-order chi connectivity index (χ0) is 11.3. The molecule has 0 aliphatic carbocycles. The molecule has 0 fully saturated rings. The Balaban J connectivity index is 2.69. The van der Waals surface area contributed by atoms with Crippen molar-refractivity contribution in [3.05, 3.63) is 23.5 Å². The molecule has 15 heavy (non-hydrogen) atoms. The van der Waals surface area contributed by atoms with Crippen molar-refractivity contribution in [1.29, 1.82) is 5.26 Å². The van der Waals surface area contributed by atoms with Gasteiger partial charge in [0.1, 0.15) is 0 Å². The van der Waals surface area contributed by atoms with E-state index < -0.39 is 0 Å². The lowest BCUT2D eigenvalue weighted by molar-refractivity contribution is 0.375. The molecule has 3 N–H and O–H groups in total. The van der Waals surface area contributed by atoms with Crippen LogP contribution in [0.5, 0.6) is 0 Å². The summed E-state index contributed by atoms with van der Waals surface area (Å²) in [5, 5.41) is 8.55. The van der Waals surface area contributed by atoms with Crippen molar-refractivity contribution < 1.29 is 0 Å². The van der Waals surface area contributed by atoms with Gasteiger partial charge in [0.2, 0.25) is 0 Å². The van der Waals surface area contributed by atoms with E-state index in [0.29, 0.717) is 13.0 Å². The lowest BCUT2D eigenvalue weighted by Crippen LogP contribution is -2.26. The second-order valence-electron chi connectivity index (χ2n) is 4.68. The van der Waals surface area contributed by atoms with E-state index in [-0.39, 0.29) is 5.41 Å². The molecular formula is C12H19N3. The average molecular weight is 205 g/mol. The van der Waals surface area contributed by atoms with Crippen LogP contribution in [0.25, 0.3) is 0 Å². The minimum atomic E-state index is 0.129. The maximum atomic E-state index is 8.55. The van der Waals surface area contributed by atoms with Gasteiger partial charge in [0.05, 0.1) is 6.07 Å². The van der Waals surface area contributed by atoms with E-state index >= 15 is 0 Å². The highest BCUT2D eigenvalue weighted by atomic mass is 14.7. The molecule has 3 heteroatoms. The summed E-state index contributed by atoms with van der Waals surface area (Å²) >= 11 is 0. The Labute approximate surface area is 91.3 Å². The first-order chi connectivity index (χ1) is 7.09. The molecule has 1 aromatic heterocycles. The molecule has 0 aliphatic heterocycles. The molecule has 3 nitrogen and oxygen atoms in total. The highest BCUT2D eigenvalue weighted by Gasteiger charge is 2.18. The van der Waals surface area contributed by atoms with E-state index in [2.05, 4.69) is 31.0 Å². The summed E-state index contributed by atoms with van der Waals surface area (Å²) in [6, 6.07) is 4.25. The van der Waals surface area contributed by atoms with Crippen molar-refractivity contribution in [2.75, 3.05) is 6.54 Å². The lowest BCUT2D eigenvalue weighted by atomic mass is 9.85. The molecule has 82 valence electrons. The van der Waals surface area contributed by atoms with E-state index in [9.17, 15) is 0 Å². The molecule has 0 aromatic carbocycles. The topological polar surface area (TPSA) is 65.6 Å². The number of aromatic nitrogens is 1. The lowest BCUT2D eigenvalue weighted by Gasteiger charge is -2.22. The number of H-pyrrole nitrogens is 1. The first kappa shape index (κ1) is 11.8. The normalized spacial score (nSPS) is 11.3. The van der Waals surface area contributed by atoms with E-state index in [1.807, 2.05) is 6.20 Å². The van der Waals surface area contributed by atoms with Crippen molar-refractivity contribution in [2.24, 2.45) is 11.1 Å². The first-order valence-electron chi connectivity index (χ1n) is 5.31. The van der Waals surface area contributed by atoms with Gasteiger partial charge in [-0.1, -0.05) is 13.8 Å². The first-order valence-corrected chi connectivity index (χ1v) is 5.31. The Hall–Kier alpha value is -1.27. The van der Waals surface area contributed by atoms with E-state index in [1.54, 1.807) is 0 Å². The maximum Gasteiger partial charge on any atom is 0.0625 e. The Morgan fingerprint density at radius 2 is 2.27 bits per heavy atom. The molecule has 0 aliphatic rings. The van der Waals surface area contributed by atoms with Crippen molar-refractivity contribution >= 4 is 0 Å². The number of aryl methyl sites for hydroxylation is 1. The Morgan fingerprint density at radius 1 is 1.53 bits per heavy atom. The predicted octanol–water partition coefficient (Wildman–Crippen LogP) is 2.00. The molecule has 0 atom stereocenters. The van der Waals surface area contributed by atoms with Gasteiger partial charge in [-0.25, -0.2) is 0 Å². The molecular weight excluding hydrogens is 186 g/mol. The summed E-state index contributed by atoms with van der Waals surface area (Å²) in [6.07, 6.45) is 4.28. The van der Waals surface area contributed by atoms with Crippen LogP contribution in [0.1, 0.15) is 31.5 Å². The van der Waals surface area contributed by atoms with Gasteiger partial charge in [-0.05, 0) is 30.0 Å². The summed E-state index contributed by atoms with van der Waals surface area (Å²) < 4.78 is 0. The van der Waals surface area contributed by atoms with Gasteiger partial charge in [-0.3, -0.25) is 0 Å². The van der Waals surface area contributed by atoms with E-state index in [4.69, 9.17) is 11.0 Å². The largest absolute Gasteiger partial charge is 0.365 e. The number of hydrogen-bond donors (Lipinski definition) is 2.